The van der Waals surface area contributed by atoms with E-state index in [-0.39, 0.29) is 0 Å². The molecule has 1 aromatic carbocycles. The maximum atomic E-state index is 5.34. The highest BCUT2D eigenvalue weighted by Crippen LogP contribution is 2.29. The molecular formula is C16H19N3O2S. The van der Waals surface area contributed by atoms with Crippen LogP contribution in [0.25, 0.3) is 0 Å². The van der Waals surface area contributed by atoms with Crippen molar-refractivity contribution in [2.45, 2.75) is 25.7 Å². The predicted molar refractivity (Wildman–Crippen MR) is 89.5 cm³/mol. The second kappa shape index (κ2) is 6.79. The van der Waals surface area contributed by atoms with Gasteiger partial charge in [0, 0.05) is 16.5 Å². The molecule has 0 atom stereocenters. The molecule has 0 bridgehead atoms. The van der Waals surface area contributed by atoms with Gasteiger partial charge in [-0.05, 0) is 37.8 Å². The van der Waals surface area contributed by atoms with Crippen LogP contribution in [0.15, 0.2) is 23.3 Å². The summed E-state index contributed by atoms with van der Waals surface area (Å²) in [7, 11) is 3.27. The number of anilines is 1. The fourth-order valence-electron chi connectivity index (χ4n) is 2.48. The quantitative estimate of drug-likeness (QED) is 0.677. The van der Waals surface area contributed by atoms with Gasteiger partial charge in [-0.15, -0.1) is 11.3 Å². The number of thiazole rings is 1. The summed E-state index contributed by atoms with van der Waals surface area (Å²) < 4.78 is 10.5. The van der Waals surface area contributed by atoms with E-state index < -0.39 is 0 Å². The normalized spacial score (nSPS) is 13.9. The first-order valence-electron chi connectivity index (χ1n) is 7.30. The van der Waals surface area contributed by atoms with Crippen molar-refractivity contribution >= 4 is 22.7 Å². The van der Waals surface area contributed by atoms with E-state index in [1.165, 1.54) is 23.4 Å². The van der Waals surface area contributed by atoms with Crippen LogP contribution in [0.5, 0.6) is 11.5 Å². The Hall–Kier alpha value is -2.08. The van der Waals surface area contributed by atoms with Gasteiger partial charge in [0.05, 0.1) is 26.1 Å². The van der Waals surface area contributed by atoms with Crippen LogP contribution in [0, 0.1) is 0 Å². The Kier molecular flexibility index (Phi) is 4.58. The number of aromatic nitrogens is 1. The van der Waals surface area contributed by atoms with Crippen molar-refractivity contribution in [1.82, 2.24) is 4.98 Å². The van der Waals surface area contributed by atoms with Crippen molar-refractivity contribution in [3.05, 3.63) is 34.3 Å². The average molecular weight is 317 g/mol. The van der Waals surface area contributed by atoms with E-state index in [9.17, 15) is 0 Å². The van der Waals surface area contributed by atoms with Gasteiger partial charge in [-0.25, -0.2) is 4.98 Å². The van der Waals surface area contributed by atoms with Gasteiger partial charge >= 0.3 is 0 Å². The highest BCUT2D eigenvalue weighted by molar-refractivity contribution is 7.15. The van der Waals surface area contributed by atoms with Gasteiger partial charge in [0.15, 0.2) is 0 Å². The molecule has 0 amide bonds. The molecule has 1 heterocycles. The Morgan fingerprint density at radius 3 is 2.86 bits per heavy atom. The lowest BCUT2D eigenvalue weighted by Crippen LogP contribution is -1.99. The maximum Gasteiger partial charge on any atom is 0.203 e. The van der Waals surface area contributed by atoms with Gasteiger partial charge in [0.2, 0.25) is 5.13 Å². The smallest absolute Gasteiger partial charge is 0.203 e. The van der Waals surface area contributed by atoms with Crippen LogP contribution in [-0.2, 0) is 12.8 Å². The van der Waals surface area contributed by atoms with E-state index in [0.717, 1.165) is 35.0 Å². The molecule has 0 saturated carbocycles. The molecule has 0 radical (unpaired) electrons. The number of hydrogen-bond donors (Lipinski definition) is 1. The zero-order valence-corrected chi connectivity index (χ0v) is 13.6. The van der Waals surface area contributed by atoms with Crippen molar-refractivity contribution in [2.24, 2.45) is 5.10 Å². The Labute approximate surface area is 134 Å². The number of nitrogens with zero attached hydrogens (tertiary/aromatic N) is 2. The number of hydrazone groups is 1. The summed E-state index contributed by atoms with van der Waals surface area (Å²) in [4.78, 5) is 5.99. The molecule has 5 nitrogen and oxygen atoms in total. The minimum Gasteiger partial charge on any atom is -0.497 e. The molecule has 1 aliphatic rings. The zero-order chi connectivity index (χ0) is 15.4. The monoisotopic (exact) mass is 317 g/mol. The number of benzene rings is 1. The average Bonchev–Trinajstić information content (AvgIpc) is 2.97. The third-order valence-electron chi connectivity index (χ3n) is 3.65. The summed E-state index contributed by atoms with van der Waals surface area (Å²) in [5.41, 5.74) is 5.14. The van der Waals surface area contributed by atoms with Crippen LogP contribution in [0.3, 0.4) is 0 Å². The Bertz CT molecular complexity index is 659. The standard InChI is InChI=1S/C16H19N3O2S/c1-20-12-8-7-11(14(9-12)21-2)10-17-19-16-18-13-5-3-4-6-15(13)22-16/h7-10H,3-6H2,1-2H3,(H,18,19)/b17-10-. The molecule has 1 aromatic heterocycles. The zero-order valence-electron chi connectivity index (χ0n) is 12.8. The third-order valence-corrected chi connectivity index (χ3v) is 4.71. The lowest BCUT2D eigenvalue weighted by molar-refractivity contribution is 0.394. The first-order chi connectivity index (χ1) is 10.8. The molecule has 0 spiro atoms. The summed E-state index contributed by atoms with van der Waals surface area (Å²) >= 11 is 1.70. The first kappa shape index (κ1) is 14.8. The van der Waals surface area contributed by atoms with E-state index in [4.69, 9.17) is 9.47 Å². The Morgan fingerprint density at radius 1 is 1.23 bits per heavy atom. The largest absolute Gasteiger partial charge is 0.497 e. The topological polar surface area (TPSA) is 55.7 Å². The number of ether oxygens (including phenoxy) is 2. The molecule has 0 aliphatic heterocycles. The SMILES string of the molecule is COc1ccc(/C=N\Nc2nc3c(s2)CCCC3)c(OC)c1. The van der Waals surface area contributed by atoms with Crippen LogP contribution in [-0.4, -0.2) is 25.4 Å². The number of nitrogens with one attached hydrogen (secondary N) is 1. The van der Waals surface area contributed by atoms with E-state index >= 15 is 0 Å². The Balaban J connectivity index is 1.70. The van der Waals surface area contributed by atoms with Gasteiger partial charge in [-0.3, -0.25) is 5.43 Å². The third kappa shape index (κ3) is 3.22. The minimum atomic E-state index is 0.725. The van der Waals surface area contributed by atoms with Crippen LogP contribution in [0.4, 0.5) is 5.13 Å². The molecule has 3 rings (SSSR count). The number of rotatable bonds is 5. The van der Waals surface area contributed by atoms with Gasteiger partial charge in [-0.2, -0.15) is 5.10 Å². The van der Waals surface area contributed by atoms with Gasteiger partial charge in [0.25, 0.3) is 0 Å². The fraction of sp³-hybridized carbons (Fsp3) is 0.375. The number of hydrogen-bond acceptors (Lipinski definition) is 6. The summed E-state index contributed by atoms with van der Waals surface area (Å²) in [6.07, 6.45) is 6.47. The van der Waals surface area contributed by atoms with Gasteiger partial charge < -0.3 is 9.47 Å². The number of fused-ring (bicyclic) bond motifs is 1. The van der Waals surface area contributed by atoms with Crippen LogP contribution in [0.1, 0.15) is 29.0 Å². The molecule has 6 heteroatoms. The van der Waals surface area contributed by atoms with E-state index in [1.807, 2.05) is 18.2 Å². The van der Waals surface area contributed by atoms with Crippen molar-refractivity contribution in [2.75, 3.05) is 19.6 Å². The summed E-state index contributed by atoms with van der Waals surface area (Å²) in [5.74, 6) is 1.48. The molecule has 1 N–H and O–H groups in total. The lowest BCUT2D eigenvalue weighted by Gasteiger charge is -2.06. The second-order valence-electron chi connectivity index (χ2n) is 5.07. The van der Waals surface area contributed by atoms with Crippen LogP contribution < -0.4 is 14.9 Å². The maximum absolute atomic E-state index is 5.34. The summed E-state index contributed by atoms with van der Waals surface area (Å²) in [6, 6.07) is 5.63. The second-order valence-corrected chi connectivity index (χ2v) is 6.16. The van der Waals surface area contributed by atoms with Crippen molar-refractivity contribution in [3.63, 3.8) is 0 Å². The molecule has 0 unspecified atom stereocenters. The molecule has 116 valence electrons. The Morgan fingerprint density at radius 2 is 2.09 bits per heavy atom. The lowest BCUT2D eigenvalue weighted by atomic mass is 10.0. The fourth-order valence-corrected chi connectivity index (χ4v) is 3.48. The highest BCUT2D eigenvalue weighted by atomic mass is 32.1. The minimum absolute atomic E-state index is 0.725. The molecule has 1 aliphatic carbocycles. The summed E-state index contributed by atoms with van der Waals surface area (Å²) in [6.45, 7) is 0. The molecule has 22 heavy (non-hydrogen) atoms. The van der Waals surface area contributed by atoms with Crippen LogP contribution >= 0.6 is 11.3 Å². The molecular weight excluding hydrogens is 298 g/mol. The predicted octanol–water partition coefficient (Wildman–Crippen LogP) is 3.49. The van der Waals surface area contributed by atoms with Crippen molar-refractivity contribution < 1.29 is 9.47 Å². The molecule has 0 fully saturated rings. The van der Waals surface area contributed by atoms with Gasteiger partial charge in [0.1, 0.15) is 11.5 Å². The van der Waals surface area contributed by atoms with E-state index in [1.54, 1.807) is 31.8 Å². The number of methoxy groups -OCH3 is 2. The molecule has 0 saturated heterocycles. The first-order valence-corrected chi connectivity index (χ1v) is 8.11. The van der Waals surface area contributed by atoms with Gasteiger partial charge in [-0.1, -0.05) is 0 Å². The van der Waals surface area contributed by atoms with E-state index in [0.29, 0.717) is 0 Å². The van der Waals surface area contributed by atoms with E-state index in [2.05, 4.69) is 15.5 Å². The van der Waals surface area contributed by atoms with Crippen LogP contribution in [0.2, 0.25) is 0 Å². The van der Waals surface area contributed by atoms with Crippen molar-refractivity contribution in [3.8, 4) is 11.5 Å². The summed E-state index contributed by atoms with van der Waals surface area (Å²) in [5, 5.41) is 5.13. The van der Waals surface area contributed by atoms with Crippen molar-refractivity contribution in [1.29, 1.82) is 0 Å². The highest BCUT2D eigenvalue weighted by Gasteiger charge is 2.14. The molecule has 2 aromatic rings. The number of aryl methyl sites for hydroxylation is 2.